The van der Waals surface area contributed by atoms with Gasteiger partial charge in [-0.1, -0.05) is 23.8 Å². The molecule has 4 nitrogen and oxygen atoms in total. The van der Waals surface area contributed by atoms with Gasteiger partial charge in [0.1, 0.15) is 0 Å². The number of aromatic nitrogens is 2. The van der Waals surface area contributed by atoms with Crippen molar-refractivity contribution in [1.82, 2.24) is 15.1 Å². The lowest BCUT2D eigenvalue weighted by molar-refractivity contribution is -0.117. The van der Waals surface area contributed by atoms with Crippen molar-refractivity contribution in [2.45, 2.75) is 33.7 Å². The van der Waals surface area contributed by atoms with Crippen LogP contribution in [0.15, 0.2) is 48.2 Å². The van der Waals surface area contributed by atoms with E-state index in [-0.39, 0.29) is 11.9 Å². The van der Waals surface area contributed by atoms with Crippen LogP contribution >= 0.6 is 0 Å². The lowest BCUT2D eigenvalue weighted by atomic mass is 10.1. The van der Waals surface area contributed by atoms with E-state index in [1.807, 2.05) is 68.9 Å². The SMILES string of the molecule is CC(C)=CC(=O)N[C@H](C)c1cnn(-c2ccccc2)c1C. The van der Waals surface area contributed by atoms with Gasteiger partial charge in [-0.05, 0) is 39.8 Å². The summed E-state index contributed by atoms with van der Waals surface area (Å²) in [5, 5.41) is 7.39. The molecule has 0 bridgehead atoms. The monoisotopic (exact) mass is 283 g/mol. The Hall–Kier alpha value is -2.36. The molecule has 0 aliphatic rings. The van der Waals surface area contributed by atoms with Crippen LogP contribution in [0, 0.1) is 6.92 Å². The highest BCUT2D eigenvalue weighted by Crippen LogP contribution is 2.20. The van der Waals surface area contributed by atoms with Crippen LogP contribution in [0.3, 0.4) is 0 Å². The van der Waals surface area contributed by atoms with Gasteiger partial charge in [-0.25, -0.2) is 4.68 Å². The third-order valence-corrected chi connectivity index (χ3v) is 3.29. The first-order valence-corrected chi connectivity index (χ1v) is 7.04. The smallest absolute Gasteiger partial charge is 0.244 e. The molecule has 1 atom stereocenters. The second kappa shape index (κ2) is 6.39. The number of carbonyl (C=O) groups is 1. The number of hydrogen-bond acceptors (Lipinski definition) is 2. The van der Waals surface area contributed by atoms with Crippen LogP contribution in [-0.4, -0.2) is 15.7 Å². The van der Waals surface area contributed by atoms with E-state index < -0.39 is 0 Å². The molecule has 1 N–H and O–H groups in total. The summed E-state index contributed by atoms with van der Waals surface area (Å²) in [5.41, 5.74) is 4.06. The molecule has 0 aliphatic heterocycles. The highest BCUT2D eigenvalue weighted by atomic mass is 16.1. The van der Waals surface area contributed by atoms with E-state index in [0.717, 1.165) is 22.5 Å². The largest absolute Gasteiger partial charge is 0.346 e. The Balaban J connectivity index is 2.20. The number of hydrogen-bond donors (Lipinski definition) is 1. The number of nitrogens with one attached hydrogen (secondary N) is 1. The summed E-state index contributed by atoms with van der Waals surface area (Å²) in [4.78, 5) is 11.8. The van der Waals surface area contributed by atoms with Gasteiger partial charge < -0.3 is 5.32 Å². The topological polar surface area (TPSA) is 46.9 Å². The van der Waals surface area contributed by atoms with Crippen LogP contribution in [0.4, 0.5) is 0 Å². The fourth-order valence-electron chi connectivity index (χ4n) is 2.27. The molecular weight excluding hydrogens is 262 g/mol. The molecule has 1 amide bonds. The van der Waals surface area contributed by atoms with Crippen molar-refractivity contribution in [3.8, 4) is 5.69 Å². The molecule has 4 heteroatoms. The van der Waals surface area contributed by atoms with Gasteiger partial charge >= 0.3 is 0 Å². The molecule has 0 radical (unpaired) electrons. The first-order valence-electron chi connectivity index (χ1n) is 7.04. The van der Waals surface area contributed by atoms with Crippen molar-refractivity contribution in [3.63, 3.8) is 0 Å². The third kappa shape index (κ3) is 3.60. The van der Waals surface area contributed by atoms with E-state index in [1.165, 1.54) is 0 Å². The average Bonchev–Trinajstić information content (AvgIpc) is 2.80. The van der Waals surface area contributed by atoms with Crippen molar-refractivity contribution in [3.05, 3.63) is 59.4 Å². The zero-order chi connectivity index (χ0) is 15.4. The molecule has 1 aromatic carbocycles. The van der Waals surface area contributed by atoms with Crippen molar-refractivity contribution in [2.24, 2.45) is 0 Å². The van der Waals surface area contributed by atoms with Crippen LogP contribution in [0.2, 0.25) is 0 Å². The molecule has 1 aromatic heterocycles. The summed E-state index contributed by atoms with van der Waals surface area (Å²) >= 11 is 0. The van der Waals surface area contributed by atoms with Gasteiger partial charge in [0.05, 0.1) is 17.9 Å². The lowest BCUT2D eigenvalue weighted by Gasteiger charge is -2.13. The second-order valence-corrected chi connectivity index (χ2v) is 5.38. The Labute approximate surface area is 125 Å². The lowest BCUT2D eigenvalue weighted by Crippen LogP contribution is -2.25. The Morgan fingerprint density at radius 2 is 1.95 bits per heavy atom. The van der Waals surface area contributed by atoms with E-state index in [0.29, 0.717) is 0 Å². The minimum Gasteiger partial charge on any atom is -0.346 e. The number of benzene rings is 1. The van der Waals surface area contributed by atoms with Gasteiger partial charge in [0.15, 0.2) is 0 Å². The predicted octanol–water partition coefficient (Wildman–Crippen LogP) is 3.32. The molecule has 0 fully saturated rings. The summed E-state index contributed by atoms with van der Waals surface area (Å²) in [5.74, 6) is -0.0747. The Morgan fingerprint density at radius 1 is 1.29 bits per heavy atom. The van der Waals surface area contributed by atoms with Gasteiger partial charge in [0.2, 0.25) is 5.91 Å². The molecule has 0 unspecified atom stereocenters. The molecule has 2 aromatic rings. The third-order valence-electron chi connectivity index (χ3n) is 3.29. The van der Waals surface area contributed by atoms with Crippen molar-refractivity contribution >= 4 is 5.91 Å². The first kappa shape index (κ1) is 15.0. The molecule has 2 rings (SSSR count). The van der Waals surface area contributed by atoms with Crippen molar-refractivity contribution in [2.75, 3.05) is 0 Å². The first-order chi connectivity index (χ1) is 9.99. The standard InChI is InChI=1S/C17H21N3O/c1-12(2)10-17(21)19-13(3)16-11-18-20(14(16)4)15-8-6-5-7-9-15/h5-11,13H,1-4H3,(H,19,21)/t13-/m1/s1. The molecule has 0 spiro atoms. The summed E-state index contributed by atoms with van der Waals surface area (Å²) < 4.78 is 1.89. The maximum atomic E-state index is 11.8. The molecule has 1 heterocycles. The highest BCUT2D eigenvalue weighted by molar-refractivity contribution is 5.88. The number of para-hydroxylation sites is 1. The molecule has 0 saturated heterocycles. The number of nitrogens with zero attached hydrogens (tertiary/aromatic N) is 2. The van der Waals surface area contributed by atoms with Gasteiger partial charge in [0.25, 0.3) is 0 Å². The number of allylic oxidation sites excluding steroid dienone is 1. The zero-order valence-corrected chi connectivity index (χ0v) is 12.9. The molecular formula is C17H21N3O. The second-order valence-electron chi connectivity index (χ2n) is 5.38. The van der Waals surface area contributed by atoms with Crippen molar-refractivity contribution in [1.29, 1.82) is 0 Å². The Bertz CT molecular complexity index is 652. The molecule has 21 heavy (non-hydrogen) atoms. The summed E-state index contributed by atoms with van der Waals surface area (Å²) in [6, 6.07) is 9.88. The number of amides is 1. The van der Waals surface area contributed by atoms with Crippen LogP contribution in [0.25, 0.3) is 5.69 Å². The summed E-state index contributed by atoms with van der Waals surface area (Å²) in [6.45, 7) is 7.79. The quantitative estimate of drug-likeness (QED) is 0.875. The normalized spacial score (nSPS) is 11.8. The van der Waals surface area contributed by atoms with Gasteiger partial charge in [-0.2, -0.15) is 5.10 Å². The zero-order valence-electron chi connectivity index (χ0n) is 12.9. The van der Waals surface area contributed by atoms with E-state index in [2.05, 4.69) is 10.4 Å². The van der Waals surface area contributed by atoms with Gasteiger partial charge in [-0.15, -0.1) is 0 Å². The summed E-state index contributed by atoms with van der Waals surface area (Å²) in [7, 11) is 0. The van der Waals surface area contributed by atoms with Crippen LogP contribution < -0.4 is 5.32 Å². The van der Waals surface area contributed by atoms with E-state index >= 15 is 0 Å². The fourth-order valence-corrected chi connectivity index (χ4v) is 2.27. The maximum absolute atomic E-state index is 11.8. The van der Waals surface area contributed by atoms with Crippen LogP contribution in [0.1, 0.15) is 38.1 Å². The maximum Gasteiger partial charge on any atom is 0.244 e. The van der Waals surface area contributed by atoms with E-state index in [1.54, 1.807) is 6.08 Å². The number of carbonyl (C=O) groups excluding carboxylic acids is 1. The minimum atomic E-state index is -0.0782. The van der Waals surface area contributed by atoms with Crippen molar-refractivity contribution < 1.29 is 4.79 Å². The molecule has 0 aliphatic carbocycles. The predicted molar refractivity (Wildman–Crippen MR) is 84.3 cm³/mol. The fraction of sp³-hybridized carbons (Fsp3) is 0.294. The highest BCUT2D eigenvalue weighted by Gasteiger charge is 2.15. The minimum absolute atomic E-state index is 0.0747. The number of rotatable bonds is 4. The molecule has 110 valence electrons. The Kier molecular flexibility index (Phi) is 4.58. The Morgan fingerprint density at radius 3 is 2.57 bits per heavy atom. The van der Waals surface area contributed by atoms with E-state index in [4.69, 9.17) is 0 Å². The molecule has 0 saturated carbocycles. The van der Waals surface area contributed by atoms with Gasteiger partial charge in [0, 0.05) is 17.3 Å². The van der Waals surface area contributed by atoms with Crippen LogP contribution in [-0.2, 0) is 4.79 Å². The van der Waals surface area contributed by atoms with E-state index in [9.17, 15) is 4.79 Å². The summed E-state index contributed by atoms with van der Waals surface area (Å²) in [6.07, 6.45) is 3.42. The van der Waals surface area contributed by atoms with Crippen LogP contribution in [0.5, 0.6) is 0 Å². The average molecular weight is 283 g/mol. The van der Waals surface area contributed by atoms with Gasteiger partial charge in [-0.3, -0.25) is 4.79 Å².